The molecule has 1 nitrogen and oxygen atoms in total. The summed E-state index contributed by atoms with van der Waals surface area (Å²) in [6, 6.07) is 0. The second-order valence-corrected chi connectivity index (χ2v) is 18.2. The molecule has 1 aliphatic rings. The van der Waals surface area contributed by atoms with Crippen molar-refractivity contribution >= 4 is 37.4 Å². The first-order chi connectivity index (χ1) is 7.83. The Balaban J connectivity index is 2.07. The van der Waals surface area contributed by atoms with Crippen LogP contribution >= 0.6 is 29.1 Å². The molecule has 5 heteroatoms. The minimum absolute atomic E-state index is 0.277. The summed E-state index contributed by atoms with van der Waals surface area (Å²) >= 11 is 4.41. The molecule has 0 aliphatic carbocycles. The zero-order valence-corrected chi connectivity index (χ0v) is 15.4. The van der Waals surface area contributed by atoms with Crippen LogP contribution in [-0.2, 0) is 4.43 Å². The van der Waals surface area contributed by atoms with Crippen LogP contribution < -0.4 is 0 Å². The molecule has 1 heterocycles. The molecule has 0 N–H and O–H groups in total. The third-order valence-electron chi connectivity index (χ3n) is 3.56. The van der Waals surface area contributed by atoms with Gasteiger partial charge >= 0.3 is 0 Å². The van der Waals surface area contributed by atoms with Gasteiger partial charge in [0.2, 0.25) is 0 Å². The molecular formula is C12H27OPS2Si. The van der Waals surface area contributed by atoms with Gasteiger partial charge in [-0.1, -0.05) is 20.8 Å². The van der Waals surface area contributed by atoms with E-state index < -0.39 is 8.32 Å². The van der Waals surface area contributed by atoms with Gasteiger partial charge in [0.25, 0.3) is 0 Å². The Morgan fingerprint density at radius 2 is 1.71 bits per heavy atom. The van der Waals surface area contributed by atoms with Gasteiger partial charge in [0.1, 0.15) is 0 Å². The highest BCUT2D eigenvalue weighted by atomic mass is 33.1. The van der Waals surface area contributed by atoms with E-state index in [9.17, 15) is 0 Å². The lowest BCUT2D eigenvalue weighted by Crippen LogP contribution is -2.40. The topological polar surface area (TPSA) is 9.23 Å². The number of hydrogen-bond donors (Lipinski definition) is 0. The molecule has 17 heavy (non-hydrogen) atoms. The molecule has 0 bridgehead atoms. The van der Waals surface area contributed by atoms with Crippen LogP contribution in [-0.4, -0.2) is 32.6 Å². The van der Waals surface area contributed by atoms with Crippen molar-refractivity contribution in [3.63, 3.8) is 0 Å². The molecule has 0 saturated carbocycles. The summed E-state index contributed by atoms with van der Waals surface area (Å²) in [6.07, 6.45) is 4.33. The summed E-state index contributed by atoms with van der Waals surface area (Å²) < 4.78 is 6.19. The Hall–Kier alpha value is 1.31. The second-order valence-electron chi connectivity index (χ2n) is 6.04. The zero-order valence-electron chi connectivity index (χ0n) is 11.9. The molecule has 1 fully saturated rings. The second kappa shape index (κ2) is 7.19. The predicted molar refractivity (Wildman–Crippen MR) is 89.1 cm³/mol. The summed E-state index contributed by atoms with van der Waals surface area (Å²) in [7, 11) is -1.49. The van der Waals surface area contributed by atoms with Gasteiger partial charge in [0, 0.05) is 24.4 Å². The lowest BCUT2D eigenvalue weighted by Gasteiger charge is -2.36. The highest BCUT2D eigenvalue weighted by Crippen LogP contribution is 2.65. The van der Waals surface area contributed by atoms with E-state index >= 15 is 0 Å². The Morgan fingerprint density at radius 1 is 1.12 bits per heavy atom. The number of unbranched alkanes of at least 4 members (excludes halogenated alkanes) is 1. The molecule has 0 amide bonds. The van der Waals surface area contributed by atoms with Gasteiger partial charge in [-0.05, 0) is 37.1 Å². The van der Waals surface area contributed by atoms with E-state index in [0.29, 0.717) is 5.04 Å². The van der Waals surface area contributed by atoms with Gasteiger partial charge in [-0.15, -0.1) is 22.8 Å². The van der Waals surface area contributed by atoms with E-state index in [-0.39, 0.29) is 6.33 Å². The van der Waals surface area contributed by atoms with Crippen LogP contribution in [0.4, 0.5) is 0 Å². The Kier molecular flexibility index (Phi) is 6.92. The maximum absolute atomic E-state index is 6.19. The Morgan fingerprint density at radius 3 is 2.24 bits per heavy atom. The molecule has 0 aromatic carbocycles. The Labute approximate surface area is 118 Å². The molecule has 0 unspecified atom stereocenters. The molecule has 1 aliphatic heterocycles. The minimum Gasteiger partial charge on any atom is -0.417 e. The van der Waals surface area contributed by atoms with E-state index in [2.05, 4.69) is 56.6 Å². The molecule has 102 valence electrons. The smallest absolute Gasteiger partial charge is 0.191 e. The van der Waals surface area contributed by atoms with E-state index in [0.717, 1.165) is 6.61 Å². The van der Waals surface area contributed by atoms with Crippen molar-refractivity contribution in [2.45, 2.75) is 51.7 Å². The standard InChI is InChI=1S/C12H27OPS2Si/c1-12(2,3)17(4,5)13-8-6-7-9-14-15-10-11-16-14/h6-11H2,1-5H3. The van der Waals surface area contributed by atoms with Crippen molar-refractivity contribution < 1.29 is 4.43 Å². The summed E-state index contributed by atoms with van der Waals surface area (Å²) in [5.41, 5.74) is 0. The first-order valence-corrected chi connectivity index (χ1v) is 14.1. The maximum Gasteiger partial charge on any atom is 0.191 e. The predicted octanol–water partition coefficient (Wildman–Crippen LogP) is 5.58. The summed E-state index contributed by atoms with van der Waals surface area (Å²) in [5.74, 6) is 2.77. The maximum atomic E-state index is 6.19. The van der Waals surface area contributed by atoms with Crippen LogP contribution in [0.3, 0.4) is 0 Å². The fraction of sp³-hybridized carbons (Fsp3) is 1.00. The first kappa shape index (κ1) is 16.4. The highest BCUT2D eigenvalue weighted by molar-refractivity contribution is 8.89. The zero-order chi connectivity index (χ0) is 12.9. The number of hydrogen-bond acceptors (Lipinski definition) is 3. The summed E-state index contributed by atoms with van der Waals surface area (Å²) in [5, 5.41) is 0.355. The van der Waals surface area contributed by atoms with Crippen molar-refractivity contribution in [2.75, 3.05) is 24.3 Å². The fourth-order valence-electron chi connectivity index (χ4n) is 1.33. The van der Waals surface area contributed by atoms with Crippen LogP contribution in [0.1, 0.15) is 33.6 Å². The average molecular weight is 311 g/mol. The monoisotopic (exact) mass is 310 g/mol. The van der Waals surface area contributed by atoms with E-state index in [1.807, 2.05) is 0 Å². The normalized spacial score (nSPS) is 18.9. The SMILES string of the molecule is CC(C)(C)[Si](C)(C)OCCCCP1SCCS1. The molecule has 1 rings (SSSR count). The van der Waals surface area contributed by atoms with Crippen molar-refractivity contribution in [1.82, 2.24) is 0 Å². The quantitative estimate of drug-likeness (QED) is 0.360. The van der Waals surface area contributed by atoms with E-state index in [1.165, 1.54) is 30.5 Å². The molecule has 1 saturated heterocycles. The molecule has 0 spiro atoms. The van der Waals surface area contributed by atoms with Crippen LogP contribution in [0.25, 0.3) is 0 Å². The molecule has 0 radical (unpaired) electrons. The molecule has 0 aromatic rings. The molecular weight excluding hydrogens is 283 g/mol. The third-order valence-corrected chi connectivity index (χ3v) is 16.2. The lowest BCUT2D eigenvalue weighted by molar-refractivity contribution is 0.281. The van der Waals surface area contributed by atoms with Crippen LogP contribution in [0.2, 0.25) is 18.1 Å². The summed E-state index contributed by atoms with van der Waals surface area (Å²) in [6.45, 7) is 12.6. The number of rotatable bonds is 6. The van der Waals surface area contributed by atoms with Gasteiger partial charge in [0.15, 0.2) is 8.32 Å². The fourth-order valence-corrected chi connectivity index (χ4v) is 10.6. The minimum atomic E-state index is -1.49. The van der Waals surface area contributed by atoms with Crippen LogP contribution in [0.15, 0.2) is 0 Å². The molecule has 0 atom stereocenters. The molecule has 0 aromatic heterocycles. The third kappa shape index (κ3) is 5.86. The van der Waals surface area contributed by atoms with Gasteiger partial charge in [-0.25, -0.2) is 0 Å². The van der Waals surface area contributed by atoms with Crippen molar-refractivity contribution in [3.05, 3.63) is 0 Å². The van der Waals surface area contributed by atoms with E-state index in [4.69, 9.17) is 4.43 Å². The van der Waals surface area contributed by atoms with Crippen molar-refractivity contribution in [3.8, 4) is 0 Å². The largest absolute Gasteiger partial charge is 0.417 e. The van der Waals surface area contributed by atoms with Crippen molar-refractivity contribution in [1.29, 1.82) is 0 Å². The van der Waals surface area contributed by atoms with Gasteiger partial charge in [-0.2, -0.15) is 0 Å². The van der Waals surface area contributed by atoms with Crippen LogP contribution in [0, 0.1) is 0 Å². The lowest BCUT2D eigenvalue weighted by atomic mass is 10.2. The van der Waals surface area contributed by atoms with Gasteiger partial charge in [-0.3, -0.25) is 0 Å². The van der Waals surface area contributed by atoms with Crippen molar-refractivity contribution in [2.24, 2.45) is 0 Å². The Bertz CT molecular complexity index is 225. The van der Waals surface area contributed by atoms with Gasteiger partial charge in [0.05, 0.1) is 0 Å². The first-order valence-electron chi connectivity index (χ1n) is 6.50. The van der Waals surface area contributed by atoms with E-state index in [1.54, 1.807) is 0 Å². The summed E-state index contributed by atoms with van der Waals surface area (Å²) in [4.78, 5) is 0. The highest BCUT2D eigenvalue weighted by Gasteiger charge is 2.36. The average Bonchev–Trinajstić information content (AvgIpc) is 2.68. The van der Waals surface area contributed by atoms with Crippen LogP contribution in [0.5, 0.6) is 0 Å². The van der Waals surface area contributed by atoms with Gasteiger partial charge < -0.3 is 4.43 Å².